The first-order valence-corrected chi connectivity index (χ1v) is 9.27. The maximum absolute atomic E-state index is 12.9. The molecule has 0 unspecified atom stereocenters. The van der Waals surface area contributed by atoms with Gasteiger partial charge in [-0.2, -0.15) is 0 Å². The average molecular weight is 382 g/mol. The molecule has 1 atom stereocenters. The van der Waals surface area contributed by atoms with Gasteiger partial charge in [-0.25, -0.2) is 12.8 Å². The molecule has 0 saturated heterocycles. The van der Waals surface area contributed by atoms with E-state index in [1.54, 1.807) is 24.3 Å². The number of benzene rings is 2. The van der Waals surface area contributed by atoms with Crippen molar-refractivity contribution in [1.29, 1.82) is 0 Å². The second-order valence-corrected chi connectivity index (χ2v) is 6.90. The summed E-state index contributed by atoms with van der Waals surface area (Å²) < 4.78 is 47.7. The molecule has 0 bridgehead atoms. The number of sulfonamides is 1. The minimum atomic E-state index is -4.01. The lowest BCUT2D eigenvalue weighted by Crippen LogP contribution is -2.47. The van der Waals surface area contributed by atoms with Gasteiger partial charge in [0.25, 0.3) is 15.9 Å². The normalized spacial score (nSPS) is 12.3. The zero-order valence-corrected chi connectivity index (χ0v) is 15.0. The summed E-state index contributed by atoms with van der Waals surface area (Å²) in [5.41, 5.74) is 2.07. The van der Waals surface area contributed by atoms with Gasteiger partial charge in [-0.15, -0.1) is 4.83 Å². The number of hydrogen-bond donors (Lipinski definition) is 2. The molecule has 0 aliphatic carbocycles. The van der Waals surface area contributed by atoms with E-state index in [1.165, 1.54) is 6.92 Å². The van der Waals surface area contributed by atoms with Gasteiger partial charge in [-0.05, 0) is 62.4 Å². The number of carbonyl (C=O) groups excluding carboxylic acids is 1. The topological polar surface area (TPSA) is 93.7 Å². The second-order valence-electron chi connectivity index (χ2n) is 5.21. The number of nitrogens with one attached hydrogen (secondary N) is 2. The molecule has 2 rings (SSSR count). The lowest BCUT2D eigenvalue weighted by molar-refractivity contribution is -0.127. The highest BCUT2D eigenvalue weighted by Crippen LogP contribution is 2.18. The van der Waals surface area contributed by atoms with E-state index in [2.05, 4.69) is 5.43 Å². The molecule has 0 spiro atoms. The number of amides is 1. The Morgan fingerprint density at radius 2 is 1.65 bits per heavy atom. The number of rotatable bonds is 8. The summed E-state index contributed by atoms with van der Waals surface area (Å²) in [6.45, 7) is 3.87. The molecule has 0 aliphatic rings. The molecule has 140 valence electrons. The van der Waals surface area contributed by atoms with Crippen molar-refractivity contribution in [2.45, 2.75) is 24.8 Å². The Labute approximate surface area is 151 Å². The maximum Gasteiger partial charge on any atom is 0.275 e. The van der Waals surface area contributed by atoms with Gasteiger partial charge in [-0.1, -0.05) is 0 Å². The van der Waals surface area contributed by atoms with E-state index in [-0.39, 0.29) is 4.90 Å². The third-order valence-corrected chi connectivity index (χ3v) is 4.51. The van der Waals surface area contributed by atoms with Crippen LogP contribution in [0.25, 0.3) is 0 Å². The number of carbonyl (C=O) groups is 1. The van der Waals surface area contributed by atoms with Crippen molar-refractivity contribution in [2.75, 3.05) is 6.61 Å². The first kappa shape index (κ1) is 19.7. The summed E-state index contributed by atoms with van der Waals surface area (Å²) >= 11 is 0. The number of halogens is 1. The van der Waals surface area contributed by atoms with Crippen LogP contribution in [0.1, 0.15) is 13.8 Å². The molecule has 0 heterocycles. The van der Waals surface area contributed by atoms with Crippen molar-refractivity contribution >= 4 is 15.9 Å². The predicted octanol–water partition coefficient (Wildman–Crippen LogP) is 2.00. The van der Waals surface area contributed by atoms with E-state index in [1.807, 2.05) is 11.8 Å². The van der Waals surface area contributed by atoms with Crippen LogP contribution in [0.5, 0.6) is 11.5 Å². The van der Waals surface area contributed by atoms with E-state index in [4.69, 9.17) is 9.47 Å². The van der Waals surface area contributed by atoms with E-state index >= 15 is 0 Å². The van der Waals surface area contributed by atoms with Gasteiger partial charge in [0.05, 0.1) is 11.5 Å². The summed E-state index contributed by atoms with van der Waals surface area (Å²) in [5, 5.41) is 0. The SMILES string of the molecule is CCOc1ccc(O[C@@H](C)C(=O)NNS(=O)(=O)c2ccc(F)cc2)cc1. The number of ether oxygens (including phenoxy) is 2. The molecule has 2 N–H and O–H groups in total. The highest BCUT2D eigenvalue weighted by Gasteiger charge is 2.19. The summed E-state index contributed by atoms with van der Waals surface area (Å²) in [7, 11) is -4.01. The maximum atomic E-state index is 12.9. The predicted molar refractivity (Wildman–Crippen MR) is 92.6 cm³/mol. The molecule has 0 fully saturated rings. The third kappa shape index (κ3) is 5.43. The van der Waals surface area contributed by atoms with Crippen molar-refractivity contribution in [2.24, 2.45) is 0 Å². The fourth-order valence-electron chi connectivity index (χ4n) is 1.93. The quantitative estimate of drug-likeness (QED) is 0.681. The molecule has 1 amide bonds. The molecule has 0 saturated carbocycles. The molecule has 7 nitrogen and oxygen atoms in total. The number of hydrazine groups is 1. The molecule has 26 heavy (non-hydrogen) atoms. The molecule has 9 heteroatoms. The van der Waals surface area contributed by atoms with Gasteiger partial charge in [0, 0.05) is 0 Å². The van der Waals surface area contributed by atoms with Crippen LogP contribution in [0.15, 0.2) is 53.4 Å². The van der Waals surface area contributed by atoms with Gasteiger partial charge in [0.1, 0.15) is 17.3 Å². The van der Waals surface area contributed by atoms with Crippen molar-refractivity contribution in [3.05, 3.63) is 54.3 Å². The first-order valence-electron chi connectivity index (χ1n) is 7.78. The van der Waals surface area contributed by atoms with E-state index in [0.29, 0.717) is 18.1 Å². The molecule has 2 aromatic carbocycles. The standard InChI is InChI=1S/C17H19FN2O5S/c1-3-24-14-6-8-15(9-7-14)25-12(2)17(21)19-20-26(22,23)16-10-4-13(18)5-11-16/h4-12,20H,3H2,1-2H3,(H,19,21)/t12-/m0/s1. The molecular formula is C17H19FN2O5S. The third-order valence-electron chi connectivity index (χ3n) is 3.25. The molecule has 2 aromatic rings. The monoisotopic (exact) mass is 382 g/mol. The van der Waals surface area contributed by atoms with Gasteiger partial charge in [0.15, 0.2) is 6.10 Å². The fraction of sp³-hybridized carbons (Fsp3) is 0.235. The largest absolute Gasteiger partial charge is 0.494 e. The van der Waals surface area contributed by atoms with Crippen LogP contribution in [0.3, 0.4) is 0 Å². The van der Waals surface area contributed by atoms with E-state index in [0.717, 1.165) is 24.3 Å². The van der Waals surface area contributed by atoms with Crippen LogP contribution in [0, 0.1) is 5.82 Å². The highest BCUT2D eigenvalue weighted by atomic mass is 32.2. The average Bonchev–Trinajstić information content (AvgIpc) is 2.62. The van der Waals surface area contributed by atoms with Crippen molar-refractivity contribution < 1.29 is 27.1 Å². The van der Waals surface area contributed by atoms with E-state index < -0.39 is 27.9 Å². The minimum Gasteiger partial charge on any atom is -0.494 e. The Morgan fingerprint density at radius 3 is 2.23 bits per heavy atom. The van der Waals surface area contributed by atoms with Crippen molar-refractivity contribution in [3.63, 3.8) is 0 Å². The van der Waals surface area contributed by atoms with Crippen LogP contribution >= 0.6 is 0 Å². The Morgan fingerprint density at radius 1 is 1.08 bits per heavy atom. The van der Waals surface area contributed by atoms with Crippen molar-refractivity contribution in [1.82, 2.24) is 10.3 Å². The van der Waals surface area contributed by atoms with Gasteiger partial charge in [0.2, 0.25) is 0 Å². The molecule has 0 radical (unpaired) electrons. The van der Waals surface area contributed by atoms with Crippen LogP contribution in [-0.4, -0.2) is 27.0 Å². The lowest BCUT2D eigenvalue weighted by Gasteiger charge is -2.15. The zero-order chi connectivity index (χ0) is 19.2. The lowest BCUT2D eigenvalue weighted by atomic mass is 10.3. The van der Waals surface area contributed by atoms with Crippen LogP contribution in [0.4, 0.5) is 4.39 Å². The van der Waals surface area contributed by atoms with Crippen LogP contribution in [-0.2, 0) is 14.8 Å². The summed E-state index contributed by atoms with van der Waals surface area (Å²) in [6.07, 6.45) is -0.955. The second kappa shape index (κ2) is 8.63. The van der Waals surface area contributed by atoms with Gasteiger partial charge in [-0.3, -0.25) is 10.2 Å². The summed E-state index contributed by atoms with van der Waals surface area (Å²) in [4.78, 5) is 13.8. The molecule has 0 aromatic heterocycles. The Kier molecular flexibility index (Phi) is 6.53. The smallest absolute Gasteiger partial charge is 0.275 e. The Hall–Kier alpha value is -2.65. The van der Waals surface area contributed by atoms with Gasteiger partial charge >= 0.3 is 0 Å². The fourth-order valence-corrected chi connectivity index (χ4v) is 2.78. The summed E-state index contributed by atoms with van der Waals surface area (Å²) in [6, 6.07) is 10.9. The molecule has 0 aliphatic heterocycles. The van der Waals surface area contributed by atoms with Gasteiger partial charge < -0.3 is 9.47 Å². The Balaban J connectivity index is 1.91. The van der Waals surface area contributed by atoms with E-state index in [9.17, 15) is 17.6 Å². The molecular weight excluding hydrogens is 363 g/mol. The zero-order valence-electron chi connectivity index (χ0n) is 14.2. The Bertz CT molecular complexity index is 838. The van der Waals surface area contributed by atoms with Crippen LogP contribution < -0.4 is 19.7 Å². The minimum absolute atomic E-state index is 0.181. The summed E-state index contributed by atoms with van der Waals surface area (Å²) in [5.74, 6) is -0.156. The highest BCUT2D eigenvalue weighted by molar-refractivity contribution is 7.89. The van der Waals surface area contributed by atoms with Crippen molar-refractivity contribution in [3.8, 4) is 11.5 Å². The first-order chi connectivity index (χ1) is 12.3. The van der Waals surface area contributed by atoms with Crippen LogP contribution in [0.2, 0.25) is 0 Å². The number of hydrogen-bond acceptors (Lipinski definition) is 5.